The molecule has 0 aliphatic rings. The van der Waals surface area contributed by atoms with Crippen LogP contribution in [-0.2, 0) is 4.79 Å². The summed E-state index contributed by atoms with van der Waals surface area (Å²) in [6.45, 7) is 1.52. The van der Waals surface area contributed by atoms with Gasteiger partial charge in [-0.05, 0) is 49.4 Å². The van der Waals surface area contributed by atoms with Crippen LogP contribution in [0.5, 0.6) is 5.75 Å². The molecule has 0 aliphatic heterocycles. The topological polar surface area (TPSA) is 67.4 Å². The summed E-state index contributed by atoms with van der Waals surface area (Å²) in [7, 11) is 0. The Morgan fingerprint density at radius 2 is 1.58 bits per heavy atom. The number of ether oxygens (including phenoxy) is 1. The molecule has 2 N–H and O–H groups in total. The van der Waals surface area contributed by atoms with Crippen LogP contribution in [0.15, 0.2) is 42.5 Å². The molecule has 0 spiro atoms. The molecule has 1 atom stereocenters. The van der Waals surface area contributed by atoms with Crippen molar-refractivity contribution in [2.45, 2.75) is 13.0 Å². The van der Waals surface area contributed by atoms with E-state index in [1.807, 2.05) is 0 Å². The number of rotatable bonds is 4. The van der Waals surface area contributed by atoms with Crippen LogP contribution < -0.4 is 15.6 Å². The first kappa shape index (κ1) is 18.4. The molecule has 2 aromatic carbocycles. The maximum Gasteiger partial charge on any atom is 0.279 e. The molecule has 1 unspecified atom stereocenters. The van der Waals surface area contributed by atoms with Crippen molar-refractivity contribution < 1.29 is 14.3 Å². The van der Waals surface area contributed by atoms with E-state index in [1.165, 1.54) is 25.1 Å². The summed E-state index contributed by atoms with van der Waals surface area (Å²) in [6, 6.07) is 10.9. The highest BCUT2D eigenvalue weighted by Gasteiger charge is 2.17. The number of amides is 2. The Balaban J connectivity index is 1.89. The zero-order valence-corrected chi connectivity index (χ0v) is 14.7. The van der Waals surface area contributed by atoms with E-state index in [1.54, 1.807) is 24.3 Å². The zero-order valence-electron chi connectivity index (χ0n) is 12.5. The summed E-state index contributed by atoms with van der Waals surface area (Å²) in [5, 5.41) is 1.25. The third-order valence-electron chi connectivity index (χ3n) is 2.97. The third-order valence-corrected chi connectivity index (χ3v) is 3.75. The number of carbonyl (C=O) groups excluding carboxylic acids is 2. The second-order valence-electron chi connectivity index (χ2n) is 4.79. The van der Waals surface area contributed by atoms with Crippen molar-refractivity contribution in [1.29, 1.82) is 0 Å². The molecule has 5 nitrogen and oxygen atoms in total. The Morgan fingerprint density at radius 3 is 2.21 bits per heavy atom. The molecule has 0 heterocycles. The Hall–Kier alpha value is -1.95. The Morgan fingerprint density at radius 1 is 0.958 bits per heavy atom. The van der Waals surface area contributed by atoms with Gasteiger partial charge in [-0.3, -0.25) is 20.4 Å². The van der Waals surface area contributed by atoms with Crippen LogP contribution in [0.4, 0.5) is 0 Å². The number of halogens is 3. The minimum Gasteiger partial charge on any atom is -0.479 e. The maximum atomic E-state index is 12.0. The van der Waals surface area contributed by atoms with Crippen molar-refractivity contribution in [3.8, 4) is 5.75 Å². The number of benzene rings is 2. The fraction of sp³-hybridized carbons (Fsp3) is 0.125. The zero-order chi connectivity index (χ0) is 17.7. The summed E-state index contributed by atoms with van der Waals surface area (Å²) < 4.78 is 5.44. The lowest BCUT2D eigenvalue weighted by Crippen LogP contribution is -2.47. The molecule has 24 heavy (non-hydrogen) atoms. The lowest BCUT2D eigenvalue weighted by atomic mass is 10.2. The van der Waals surface area contributed by atoms with Crippen LogP contribution in [0.3, 0.4) is 0 Å². The molecule has 0 aromatic heterocycles. The summed E-state index contributed by atoms with van der Waals surface area (Å²) in [5.74, 6) is -0.701. The van der Waals surface area contributed by atoms with Gasteiger partial charge < -0.3 is 4.74 Å². The summed E-state index contributed by atoms with van der Waals surface area (Å²) in [4.78, 5) is 23.9. The van der Waals surface area contributed by atoms with Crippen LogP contribution in [0, 0.1) is 0 Å². The van der Waals surface area contributed by atoms with Gasteiger partial charge >= 0.3 is 0 Å². The first-order valence-corrected chi connectivity index (χ1v) is 7.97. The highest BCUT2D eigenvalue weighted by molar-refractivity contribution is 6.35. The molecular weight excluding hydrogens is 375 g/mol. The van der Waals surface area contributed by atoms with E-state index in [-0.39, 0.29) is 5.02 Å². The molecule has 0 aliphatic carbocycles. The molecule has 0 bridgehead atoms. The normalized spacial score (nSPS) is 11.5. The summed E-state index contributed by atoms with van der Waals surface area (Å²) >= 11 is 17.5. The largest absolute Gasteiger partial charge is 0.479 e. The predicted octanol–water partition coefficient (Wildman–Crippen LogP) is 3.88. The van der Waals surface area contributed by atoms with Gasteiger partial charge in [0.25, 0.3) is 11.8 Å². The highest BCUT2D eigenvalue weighted by Crippen LogP contribution is 2.28. The molecule has 0 saturated carbocycles. The average molecular weight is 388 g/mol. The number of hydrogen-bond acceptors (Lipinski definition) is 3. The molecule has 0 fully saturated rings. The highest BCUT2D eigenvalue weighted by atomic mass is 35.5. The van der Waals surface area contributed by atoms with E-state index in [9.17, 15) is 9.59 Å². The quantitative estimate of drug-likeness (QED) is 0.783. The lowest BCUT2D eigenvalue weighted by Gasteiger charge is -2.16. The van der Waals surface area contributed by atoms with Crippen LogP contribution in [0.1, 0.15) is 17.3 Å². The van der Waals surface area contributed by atoms with Gasteiger partial charge in [-0.25, -0.2) is 0 Å². The Bertz CT molecular complexity index is 751. The van der Waals surface area contributed by atoms with E-state index in [4.69, 9.17) is 39.5 Å². The van der Waals surface area contributed by atoms with Crippen molar-refractivity contribution in [2.24, 2.45) is 0 Å². The van der Waals surface area contributed by atoms with Crippen molar-refractivity contribution in [1.82, 2.24) is 10.9 Å². The van der Waals surface area contributed by atoms with Gasteiger partial charge in [-0.1, -0.05) is 34.8 Å². The molecule has 0 saturated heterocycles. The second-order valence-corrected chi connectivity index (χ2v) is 6.07. The molecule has 2 amide bonds. The average Bonchev–Trinajstić information content (AvgIpc) is 2.55. The van der Waals surface area contributed by atoms with Crippen LogP contribution in [-0.4, -0.2) is 17.9 Å². The molecule has 2 rings (SSSR count). The third kappa shape index (κ3) is 5.03. The maximum absolute atomic E-state index is 12.0. The molecular formula is C16H13Cl3N2O3. The molecule has 8 heteroatoms. The smallest absolute Gasteiger partial charge is 0.279 e. The van der Waals surface area contributed by atoms with Crippen LogP contribution >= 0.6 is 34.8 Å². The van der Waals surface area contributed by atoms with Crippen LogP contribution in [0.2, 0.25) is 15.1 Å². The number of nitrogens with one attached hydrogen (secondary N) is 2. The number of hydrazine groups is 1. The van der Waals surface area contributed by atoms with Gasteiger partial charge in [0.2, 0.25) is 0 Å². The van der Waals surface area contributed by atoms with Gasteiger partial charge in [-0.15, -0.1) is 0 Å². The van der Waals surface area contributed by atoms with E-state index in [2.05, 4.69) is 10.9 Å². The predicted molar refractivity (Wildman–Crippen MR) is 93.6 cm³/mol. The van der Waals surface area contributed by atoms with Gasteiger partial charge in [0, 0.05) is 15.6 Å². The van der Waals surface area contributed by atoms with Crippen LogP contribution in [0.25, 0.3) is 0 Å². The minimum absolute atomic E-state index is 0.285. The summed E-state index contributed by atoms with van der Waals surface area (Å²) in [5.41, 5.74) is 4.93. The van der Waals surface area contributed by atoms with E-state index >= 15 is 0 Å². The van der Waals surface area contributed by atoms with E-state index in [0.717, 1.165) is 0 Å². The number of carbonyl (C=O) groups is 2. The van der Waals surface area contributed by atoms with Gasteiger partial charge in [0.15, 0.2) is 6.10 Å². The summed E-state index contributed by atoms with van der Waals surface area (Å²) in [6.07, 6.45) is -0.880. The lowest BCUT2D eigenvalue weighted by molar-refractivity contribution is -0.128. The molecule has 126 valence electrons. The SMILES string of the molecule is CC(Oc1ccc(Cl)cc1Cl)C(=O)NNC(=O)c1ccc(Cl)cc1. The molecule has 0 radical (unpaired) electrons. The van der Waals surface area contributed by atoms with Crippen molar-refractivity contribution in [2.75, 3.05) is 0 Å². The second kappa shape index (κ2) is 8.24. The standard InChI is InChI=1S/C16H13Cl3N2O3/c1-9(24-14-7-6-12(18)8-13(14)19)15(22)20-21-16(23)10-2-4-11(17)5-3-10/h2-9H,1H3,(H,20,22)(H,21,23). The van der Waals surface area contributed by atoms with Gasteiger partial charge in [0.05, 0.1) is 5.02 Å². The Kier molecular flexibility index (Phi) is 6.31. The monoisotopic (exact) mass is 386 g/mol. The van der Waals surface area contributed by atoms with Gasteiger partial charge in [-0.2, -0.15) is 0 Å². The minimum atomic E-state index is -0.880. The first-order chi connectivity index (χ1) is 11.4. The van der Waals surface area contributed by atoms with E-state index in [0.29, 0.717) is 21.4 Å². The Labute approximate surface area is 153 Å². The van der Waals surface area contributed by atoms with Gasteiger partial charge in [0.1, 0.15) is 5.75 Å². The molecule has 2 aromatic rings. The fourth-order valence-electron chi connectivity index (χ4n) is 1.71. The van der Waals surface area contributed by atoms with Crippen molar-refractivity contribution >= 4 is 46.6 Å². The fourth-order valence-corrected chi connectivity index (χ4v) is 2.29. The first-order valence-electron chi connectivity index (χ1n) is 6.84. The van der Waals surface area contributed by atoms with Crippen molar-refractivity contribution in [3.63, 3.8) is 0 Å². The number of hydrogen-bond donors (Lipinski definition) is 2. The van der Waals surface area contributed by atoms with E-state index < -0.39 is 17.9 Å². The van der Waals surface area contributed by atoms with Crippen molar-refractivity contribution in [3.05, 3.63) is 63.1 Å².